The Hall–Kier alpha value is -1.46. The summed E-state index contributed by atoms with van der Waals surface area (Å²) in [4.78, 5) is 14.0. The zero-order valence-corrected chi connectivity index (χ0v) is 13.6. The lowest BCUT2D eigenvalue weighted by atomic mass is 9.84. The number of hydrogen-bond donors (Lipinski definition) is 2. The third-order valence-electron chi connectivity index (χ3n) is 5.22. The quantitative estimate of drug-likeness (QED) is 0.871. The summed E-state index contributed by atoms with van der Waals surface area (Å²) in [6, 6.07) is 6.25. The van der Waals surface area contributed by atoms with Crippen LogP contribution in [0.5, 0.6) is 0 Å². The second kappa shape index (κ2) is 6.57. The van der Waals surface area contributed by atoms with Crippen molar-refractivity contribution in [2.24, 2.45) is 11.8 Å². The van der Waals surface area contributed by atoms with Crippen LogP contribution in [0.25, 0.3) is 0 Å². The highest BCUT2D eigenvalue weighted by molar-refractivity contribution is 5.81. The third kappa shape index (κ3) is 3.90. The highest BCUT2D eigenvalue weighted by atomic mass is 19.1. The minimum atomic E-state index is -0.939. The Morgan fingerprint density at radius 3 is 2.74 bits per heavy atom. The summed E-state index contributed by atoms with van der Waals surface area (Å²) in [5, 5.41) is 13.7. The van der Waals surface area contributed by atoms with Gasteiger partial charge in [0.15, 0.2) is 0 Å². The molecule has 0 bridgehead atoms. The van der Waals surface area contributed by atoms with E-state index in [-0.39, 0.29) is 17.6 Å². The van der Waals surface area contributed by atoms with E-state index in [1.54, 1.807) is 12.1 Å². The smallest absolute Gasteiger partial charge is 0.223 e. The normalized spacial score (nSPS) is 26.7. The van der Waals surface area contributed by atoms with Crippen LogP contribution in [0.15, 0.2) is 24.3 Å². The summed E-state index contributed by atoms with van der Waals surface area (Å²) in [6.45, 7) is 5.06. The zero-order chi connectivity index (χ0) is 16.4. The summed E-state index contributed by atoms with van der Waals surface area (Å²) in [5.74, 6) is 0.613. The molecule has 3 rings (SSSR count). The van der Waals surface area contributed by atoms with Gasteiger partial charge in [-0.1, -0.05) is 19.1 Å². The molecule has 4 nitrogen and oxygen atoms in total. The van der Waals surface area contributed by atoms with Crippen molar-refractivity contribution in [3.8, 4) is 0 Å². The minimum absolute atomic E-state index is 0.172. The molecule has 1 heterocycles. The first-order valence-electron chi connectivity index (χ1n) is 8.46. The van der Waals surface area contributed by atoms with Gasteiger partial charge in [0.2, 0.25) is 5.91 Å². The van der Waals surface area contributed by atoms with E-state index in [1.807, 2.05) is 0 Å². The highest BCUT2D eigenvalue weighted by Crippen LogP contribution is 2.37. The molecule has 1 aliphatic heterocycles. The Balaban J connectivity index is 1.44. The molecule has 0 aromatic heterocycles. The standard InChI is InChI=1S/C18H25FN2O2/c1-13-11-16(13)17(22)20-7-10-21-8-5-18(23,6-9-21)14-3-2-4-15(19)12-14/h2-4,12-13,16,23H,5-11H2,1H3,(H,20,22)/t13-,16+/m0/s1. The van der Waals surface area contributed by atoms with E-state index in [0.717, 1.165) is 26.1 Å². The number of nitrogens with zero attached hydrogens (tertiary/aromatic N) is 1. The number of carbonyl (C=O) groups excluding carboxylic acids is 1. The van der Waals surface area contributed by atoms with Gasteiger partial charge < -0.3 is 15.3 Å². The SMILES string of the molecule is C[C@H]1C[C@H]1C(=O)NCCN1CCC(O)(c2cccc(F)c2)CC1. The number of halogens is 1. The average molecular weight is 320 g/mol. The van der Waals surface area contributed by atoms with E-state index in [9.17, 15) is 14.3 Å². The van der Waals surface area contributed by atoms with Gasteiger partial charge >= 0.3 is 0 Å². The number of piperidine rings is 1. The first-order valence-corrected chi connectivity index (χ1v) is 8.46. The fourth-order valence-electron chi connectivity index (χ4n) is 3.37. The molecule has 1 aromatic rings. The van der Waals surface area contributed by atoms with Crippen LogP contribution in [0, 0.1) is 17.7 Å². The van der Waals surface area contributed by atoms with E-state index in [0.29, 0.717) is 30.9 Å². The molecule has 1 saturated carbocycles. The molecule has 1 aliphatic carbocycles. The topological polar surface area (TPSA) is 52.6 Å². The van der Waals surface area contributed by atoms with Crippen LogP contribution >= 0.6 is 0 Å². The Labute approximate surface area is 136 Å². The molecule has 0 radical (unpaired) electrons. The van der Waals surface area contributed by atoms with Crippen molar-refractivity contribution in [3.63, 3.8) is 0 Å². The van der Waals surface area contributed by atoms with Crippen molar-refractivity contribution in [3.05, 3.63) is 35.6 Å². The van der Waals surface area contributed by atoms with Crippen molar-refractivity contribution in [2.75, 3.05) is 26.2 Å². The maximum absolute atomic E-state index is 13.3. The van der Waals surface area contributed by atoms with Crippen LogP contribution in [0.3, 0.4) is 0 Å². The zero-order valence-electron chi connectivity index (χ0n) is 13.6. The van der Waals surface area contributed by atoms with E-state index in [4.69, 9.17) is 0 Å². The van der Waals surface area contributed by atoms with E-state index < -0.39 is 5.60 Å². The second-order valence-corrected chi connectivity index (χ2v) is 6.99. The molecule has 23 heavy (non-hydrogen) atoms. The molecule has 126 valence electrons. The number of carbonyl (C=O) groups is 1. The second-order valence-electron chi connectivity index (χ2n) is 6.99. The summed E-state index contributed by atoms with van der Waals surface area (Å²) >= 11 is 0. The van der Waals surface area contributed by atoms with Crippen molar-refractivity contribution in [2.45, 2.75) is 31.8 Å². The highest BCUT2D eigenvalue weighted by Gasteiger charge is 2.39. The van der Waals surface area contributed by atoms with Crippen molar-refractivity contribution < 1.29 is 14.3 Å². The summed E-state index contributed by atoms with van der Waals surface area (Å²) in [6.07, 6.45) is 2.18. The molecule has 1 aromatic carbocycles. The van der Waals surface area contributed by atoms with Crippen LogP contribution in [0.4, 0.5) is 4.39 Å². The fourth-order valence-corrected chi connectivity index (χ4v) is 3.37. The molecule has 0 unspecified atom stereocenters. The summed E-state index contributed by atoms with van der Waals surface area (Å²) < 4.78 is 13.3. The van der Waals surface area contributed by atoms with Gasteiger partial charge in [-0.3, -0.25) is 4.79 Å². The summed E-state index contributed by atoms with van der Waals surface area (Å²) in [7, 11) is 0. The molecule has 5 heteroatoms. The molecule has 0 spiro atoms. The molecular formula is C18H25FN2O2. The Morgan fingerprint density at radius 1 is 1.43 bits per heavy atom. The van der Waals surface area contributed by atoms with Gasteiger partial charge in [-0.05, 0) is 42.9 Å². The molecule has 2 fully saturated rings. The van der Waals surface area contributed by atoms with Crippen LogP contribution in [-0.2, 0) is 10.4 Å². The number of amides is 1. The molecule has 2 N–H and O–H groups in total. The Bertz CT molecular complexity index is 570. The van der Waals surface area contributed by atoms with Gasteiger partial charge in [0.1, 0.15) is 5.82 Å². The number of nitrogens with one attached hydrogen (secondary N) is 1. The third-order valence-corrected chi connectivity index (χ3v) is 5.22. The van der Waals surface area contributed by atoms with Gasteiger partial charge in [0.25, 0.3) is 0 Å². The van der Waals surface area contributed by atoms with Crippen LogP contribution in [0.2, 0.25) is 0 Å². The first-order chi connectivity index (χ1) is 11.0. The maximum atomic E-state index is 13.3. The minimum Gasteiger partial charge on any atom is -0.385 e. The van der Waals surface area contributed by atoms with Gasteiger partial charge in [-0.15, -0.1) is 0 Å². The maximum Gasteiger partial charge on any atom is 0.223 e. The molecule has 1 amide bonds. The first kappa shape index (κ1) is 16.4. The Morgan fingerprint density at radius 2 is 2.13 bits per heavy atom. The van der Waals surface area contributed by atoms with E-state index >= 15 is 0 Å². The molecule has 2 atom stereocenters. The number of likely N-dealkylation sites (tertiary alicyclic amines) is 1. The predicted octanol–water partition coefficient (Wildman–Crippen LogP) is 1.88. The number of rotatable bonds is 5. The molecule has 1 saturated heterocycles. The number of benzene rings is 1. The lowest BCUT2D eigenvalue weighted by Crippen LogP contribution is -2.45. The molecule has 2 aliphatic rings. The largest absolute Gasteiger partial charge is 0.385 e. The number of hydrogen-bond acceptors (Lipinski definition) is 3. The van der Waals surface area contributed by atoms with Crippen LogP contribution < -0.4 is 5.32 Å². The molecular weight excluding hydrogens is 295 g/mol. The van der Waals surface area contributed by atoms with Gasteiger partial charge in [-0.25, -0.2) is 4.39 Å². The van der Waals surface area contributed by atoms with Gasteiger partial charge in [0, 0.05) is 32.1 Å². The van der Waals surface area contributed by atoms with Gasteiger partial charge in [0.05, 0.1) is 5.60 Å². The van der Waals surface area contributed by atoms with E-state index in [1.165, 1.54) is 12.1 Å². The van der Waals surface area contributed by atoms with Crippen molar-refractivity contribution >= 4 is 5.91 Å². The Kier molecular flexibility index (Phi) is 4.69. The van der Waals surface area contributed by atoms with Crippen molar-refractivity contribution in [1.82, 2.24) is 10.2 Å². The summed E-state index contributed by atoms with van der Waals surface area (Å²) in [5.41, 5.74) is -0.279. The van der Waals surface area contributed by atoms with Crippen LogP contribution in [-0.4, -0.2) is 42.1 Å². The lowest BCUT2D eigenvalue weighted by Gasteiger charge is -2.38. The van der Waals surface area contributed by atoms with Gasteiger partial charge in [-0.2, -0.15) is 0 Å². The van der Waals surface area contributed by atoms with Crippen molar-refractivity contribution in [1.29, 1.82) is 0 Å². The lowest BCUT2D eigenvalue weighted by molar-refractivity contribution is -0.122. The number of aliphatic hydroxyl groups is 1. The monoisotopic (exact) mass is 320 g/mol. The van der Waals surface area contributed by atoms with E-state index in [2.05, 4.69) is 17.1 Å². The average Bonchev–Trinajstić information content (AvgIpc) is 3.26. The van der Waals surface area contributed by atoms with Crippen LogP contribution in [0.1, 0.15) is 31.7 Å². The fraction of sp³-hybridized carbons (Fsp3) is 0.611. The predicted molar refractivity (Wildman–Crippen MR) is 86.3 cm³/mol.